The minimum Gasteiger partial charge on any atom is -0.355 e. The van der Waals surface area contributed by atoms with E-state index in [9.17, 15) is 18.0 Å². The number of hydrogen-bond acceptors (Lipinski definition) is 4. The van der Waals surface area contributed by atoms with E-state index in [0.717, 1.165) is 31.9 Å². The molecule has 0 bridgehead atoms. The number of nitrogens with one attached hydrogen (secondary N) is 2. The second-order valence-electron chi connectivity index (χ2n) is 11.1. The molecule has 7 nitrogen and oxygen atoms in total. The molecule has 4 atom stereocenters. The van der Waals surface area contributed by atoms with E-state index in [1.165, 1.54) is 5.56 Å². The Kier molecular flexibility index (Phi) is 9.57. The minimum atomic E-state index is -3.55. The summed E-state index contributed by atoms with van der Waals surface area (Å²) in [6.45, 7) is 0.461. The van der Waals surface area contributed by atoms with Gasteiger partial charge in [0.1, 0.15) is 0 Å². The highest BCUT2D eigenvalue weighted by molar-refractivity contribution is 7.88. The van der Waals surface area contributed by atoms with Crippen molar-refractivity contribution in [2.24, 2.45) is 0 Å². The molecule has 1 aliphatic heterocycles. The van der Waals surface area contributed by atoms with Crippen LogP contribution in [0.5, 0.6) is 0 Å². The molecule has 0 saturated heterocycles. The zero-order valence-electron chi connectivity index (χ0n) is 23.4. The van der Waals surface area contributed by atoms with Gasteiger partial charge in [-0.25, -0.2) is 13.1 Å². The largest absolute Gasteiger partial charge is 0.355 e. The molecule has 1 aliphatic carbocycles. The Bertz CT molecular complexity index is 1550. The fraction of sp³-hybridized carbons (Fsp3) is 0.375. The van der Waals surface area contributed by atoms with Crippen molar-refractivity contribution in [1.29, 1.82) is 0 Å². The average molecular weight is 629 g/mol. The van der Waals surface area contributed by atoms with Gasteiger partial charge in [-0.3, -0.25) is 9.59 Å². The third kappa shape index (κ3) is 6.83. The van der Waals surface area contributed by atoms with Crippen LogP contribution in [0.3, 0.4) is 0 Å². The van der Waals surface area contributed by atoms with E-state index in [2.05, 4.69) is 22.2 Å². The van der Waals surface area contributed by atoms with Crippen molar-refractivity contribution in [3.05, 3.63) is 105 Å². The van der Waals surface area contributed by atoms with Crippen molar-refractivity contribution in [3.63, 3.8) is 0 Å². The summed E-state index contributed by atoms with van der Waals surface area (Å²) in [5, 5.41) is 3.91. The van der Waals surface area contributed by atoms with Crippen LogP contribution in [0, 0.1) is 0 Å². The molecule has 222 valence electrons. The van der Waals surface area contributed by atoms with E-state index in [0.29, 0.717) is 46.1 Å². The number of amides is 2. The molecule has 0 radical (unpaired) electrons. The van der Waals surface area contributed by atoms with Gasteiger partial charge in [0.25, 0.3) is 5.91 Å². The third-order valence-electron chi connectivity index (χ3n) is 8.18. The number of sulfonamides is 1. The first-order valence-corrected chi connectivity index (χ1v) is 16.9. The molecule has 3 aromatic rings. The maximum Gasteiger partial charge on any atom is 0.255 e. The summed E-state index contributed by atoms with van der Waals surface area (Å²) in [6, 6.07) is 20.6. The molecule has 5 rings (SSSR count). The van der Waals surface area contributed by atoms with Crippen LogP contribution in [0.2, 0.25) is 10.0 Å². The first-order chi connectivity index (χ1) is 20.1. The molecule has 10 heteroatoms. The zero-order valence-corrected chi connectivity index (χ0v) is 25.8. The summed E-state index contributed by atoms with van der Waals surface area (Å²) in [7, 11) is -3.55. The van der Waals surface area contributed by atoms with Crippen LogP contribution in [0.4, 0.5) is 0 Å². The number of nitrogens with zero attached hydrogens (tertiary/aromatic N) is 1. The van der Waals surface area contributed by atoms with E-state index < -0.39 is 34.1 Å². The van der Waals surface area contributed by atoms with Gasteiger partial charge in [0.15, 0.2) is 0 Å². The van der Waals surface area contributed by atoms with Gasteiger partial charge in [-0.05, 0) is 60.6 Å². The Hall–Kier alpha value is -2.91. The van der Waals surface area contributed by atoms with Crippen molar-refractivity contribution in [2.75, 3.05) is 12.8 Å². The summed E-state index contributed by atoms with van der Waals surface area (Å²) < 4.78 is 27.5. The number of benzene rings is 3. The van der Waals surface area contributed by atoms with Gasteiger partial charge in [-0.15, -0.1) is 0 Å². The molecular weight excluding hydrogens is 593 g/mol. The lowest BCUT2D eigenvalue weighted by Crippen LogP contribution is -2.59. The van der Waals surface area contributed by atoms with E-state index in [1.54, 1.807) is 35.2 Å². The monoisotopic (exact) mass is 627 g/mol. The molecule has 1 unspecified atom stereocenters. The topological polar surface area (TPSA) is 95.6 Å². The summed E-state index contributed by atoms with van der Waals surface area (Å²) in [5.41, 5.74) is 2.85. The highest BCUT2D eigenvalue weighted by Crippen LogP contribution is 2.47. The van der Waals surface area contributed by atoms with Crippen LogP contribution in [0.15, 0.2) is 72.8 Å². The van der Waals surface area contributed by atoms with Gasteiger partial charge in [0.2, 0.25) is 15.9 Å². The van der Waals surface area contributed by atoms with Crippen LogP contribution in [-0.2, 0) is 21.2 Å². The third-order valence-corrected chi connectivity index (χ3v) is 9.47. The summed E-state index contributed by atoms with van der Waals surface area (Å²) in [4.78, 5) is 30.2. The zero-order chi connectivity index (χ0) is 29.9. The number of carbonyl (C=O) groups excluding carboxylic acids is 2. The second kappa shape index (κ2) is 13.2. The van der Waals surface area contributed by atoms with E-state index in [4.69, 9.17) is 23.2 Å². The van der Waals surface area contributed by atoms with Crippen molar-refractivity contribution < 1.29 is 18.0 Å². The number of fused-ring (bicyclic) bond motifs is 1. The van der Waals surface area contributed by atoms with Crippen LogP contribution in [-0.4, -0.2) is 50.0 Å². The van der Waals surface area contributed by atoms with Crippen molar-refractivity contribution in [3.8, 4) is 0 Å². The Morgan fingerprint density at radius 3 is 2.40 bits per heavy atom. The Balaban J connectivity index is 1.55. The lowest BCUT2D eigenvalue weighted by atomic mass is 9.76. The lowest BCUT2D eigenvalue weighted by Gasteiger charge is -2.49. The van der Waals surface area contributed by atoms with Crippen LogP contribution >= 0.6 is 23.2 Å². The highest BCUT2D eigenvalue weighted by atomic mass is 35.5. The van der Waals surface area contributed by atoms with Crippen LogP contribution in [0.1, 0.15) is 71.1 Å². The number of halogens is 2. The number of carbonyl (C=O) groups is 2. The Labute approximate surface area is 257 Å². The van der Waals surface area contributed by atoms with Crippen LogP contribution in [0.25, 0.3) is 0 Å². The standard InChI is InChI=1S/C32H35Cl2N3O4S/c1-42(40,41)36-27-15-7-8-16-28(27)37-30(25-18-17-22(33)20-26(25)34)29(23-13-5-6-14-24(23)32(37)39)31(38)35-19-9-12-21-10-3-2-4-11-21/h2-6,10-11,13-14,17-18,20,27-30,36H,7-9,12,15-16,19H2,1H3,(H,35,38)/t27-,28?,29+,30-/m0/s1. The lowest BCUT2D eigenvalue weighted by molar-refractivity contribution is -0.124. The van der Waals surface area contributed by atoms with Gasteiger partial charge in [-0.2, -0.15) is 0 Å². The van der Waals surface area contributed by atoms with Crippen molar-refractivity contribution in [1.82, 2.24) is 14.9 Å². The fourth-order valence-corrected chi connectivity index (χ4v) is 7.73. The van der Waals surface area contributed by atoms with Crippen LogP contribution < -0.4 is 10.0 Å². The summed E-state index contributed by atoms with van der Waals surface area (Å²) >= 11 is 13.0. The quantitative estimate of drug-likeness (QED) is 0.289. The van der Waals surface area contributed by atoms with Gasteiger partial charge in [0, 0.05) is 34.2 Å². The molecule has 1 heterocycles. The molecule has 0 aromatic heterocycles. The first-order valence-electron chi connectivity index (χ1n) is 14.3. The van der Waals surface area contributed by atoms with Crippen molar-refractivity contribution >= 4 is 45.0 Å². The van der Waals surface area contributed by atoms with Gasteiger partial charge < -0.3 is 10.2 Å². The Morgan fingerprint density at radius 2 is 1.67 bits per heavy atom. The van der Waals surface area contributed by atoms with E-state index >= 15 is 0 Å². The van der Waals surface area contributed by atoms with Crippen molar-refractivity contribution in [2.45, 2.75) is 62.6 Å². The fourth-order valence-electron chi connectivity index (χ4n) is 6.39. The highest BCUT2D eigenvalue weighted by Gasteiger charge is 2.49. The van der Waals surface area contributed by atoms with Gasteiger partial charge >= 0.3 is 0 Å². The molecule has 2 N–H and O–H groups in total. The molecular formula is C32H35Cl2N3O4S. The molecule has 3 aromatic carbocycles. The van der Waals surface area contributed by atoms with E-state index in [1.807, 2.05) is 30.3 Å². The SMILES string of the molecule is CS(=O)(=O)N[C@H]1CCCCC1N1C(=O)c2ccccc2[C@@H](C(=O)NCCCc2ccccc2)[C@@H]1c1ccc(Cl)cc1Cl. The maximum absolute atomic E-state index is 14.3. The molecule has 0 spiro atoms. The number of hydrogen-bond donors (Lipinski definition) is 2. The number of aryl methyl sites for hydroxylation is 1. The molecule has 1 saturated carbocycles. The minimum absolute atomic E-state index is 0.215. The molecule has 2 amide bonds. The predicted molar refractivity (Wildman–Crippen MR) is 166 cm³/mol. The summed E-state index contributed by atoms with van der Waals surface area (Å²) in [5.74, 6) is -1.23. The Morgan fingerprint density at radius 1 is 0.952 bits per heavy atom. The van der Waals surface area contributed by atoms with Gasteiger partial charge in [0.05, 0.1) is 18.2 Å². The van der Waals surface area contributed by atoms with Gasteiger partial charge in [-0.1, -0.05) is 90.6 Å². The predicted octanol–water partition coefficient (Wildman–Crippen LogP) is 5.88. The normalized spacial score (nSPS) is 22.5. The van der Waals surface area contributed by atoms with E-state index in [-0.39, 0.29) is 11.8 Å². The maximum atomic E-state index is 14.3. The smallest absolute Gasteiger partial charge is 0.255 e. The summed E-state index contributed by atoms with van der Waals surface area (Å²) in [6.07, 6.45) is 5.54. The second-order valence-corrected chi connectivity index (χ2v) is 13.7. The average Bonchev–Trinajstić information content (AvgIpc) is 2.96. The molecule has 42 heavy (non-hydrogen) atoms. The first kappa shape index (κ1) is 30.5. The molecule has 2 aliphatic rings. The molecule has 1 fully saturated rings. The number of rotatable bonds is 9.